The molecule has 2 heterocycles. The molecule has 16 heavy (non-hydrogen) atoms. The van der Waals surface area contributed by atoms with Gasteiger partial charge in [-0.05, 0) is 11.4 Å². The SMILES string of the molecule is CC(=O)N1[C@@H](C(=O)O)CS[C@@H]1c1cccs1. The van der Waals surface area contributed by atoms with Crippen molar-refractivity contribution in [3.8, 4) is 0 Å². The smallest absolute Gasteiger partial charge is 0.327 e. The number of hydrogen-bond donors (Lipinski definition) is 1. The Bertz CT molecular complexity index is 404. The molecule has 4 nitrogen and oxygen atoms in total. The molecule has 0 bridgehead atoms. The summed E-state index contributed by atoms with van der Waals surface area (Å²) in [5, 5.41) is 10.8. The normalized spacial score (nSPS) is 24.7. The molecule has 6 heteroatoms. The summed E-state index contributed by atoms with van der Waals surface area (Å²) in [7, 11) is 0. The predicted molar refractivity (Wildman–Crippen MR) is 63.5 cm³/mol. The molecule has 2 rings (SSSR count). The lowest BCUT2D eigenvalue weighted by atomic mass is 10.2. The van der Waals surface area contributed by atoms with Crippen LogP contribution >= 0.6 is 23.1 Å². The molecule has 0 spiro atoms. The zero-order valence-electron chi connectivity index (χ0n) is 8.62. The summed E-state index contributed by atoms with van der Waals surface area (Å²) in [6, 6.07) is 3.14. The maximum absolute atomic E-state index is 11.5. The van der Waals surface area contributed by atoms with Gasteiger partial charge in [-0.25, -0.2) is 4.79 Å². The second-order valence-electron chi connectivity index (χ2n) is 3.48. The van der Waals surface area contributed by atoms with E-state index in [2.05, 4.69) is 0 Å². The van der Waals surface area contributed by atoms with Crippen molar-refractivity contribution in [1.82, 2.24) is 4.90 Å². The Kier molecular flexibility index (Phi) is 3.20. The van der Waals surface area contributed by atoms with Gasteiger partial charge in [-0.15, -0.1) is 23.1 Å². The van der Waals surface area contributed by atoms with Gasteiger partial charge >= 0.3 is 5.97 Å². The second kappa shape index (κ2) is 4.47. The Labute approximate surface area is 101 Å². The zero-order valence-corrected chi connectivity index (χ0v) is 10.3. The molecule has 1 aromatic rings. The first-order valence-electron chi connectivity index (χ1n) is 4.78. The fourth-order valence-corrected chi connectivity index (χ4v) is 4.17. The van der Waals surface area contributed by atoms with Crippen LogP contribution in [0.2, 0.25) is 0 Å². The van der Waals surface area contributed by atoms with Gasteiger partial charge in [-0.1, -0.05) is 6.07 Å². The number of amides is 1. The molecule has 0 saturated carbocycles. The first kappa shape index (κ1) is 11.5. The number of carbonyl (C=O) groups is 2. The van der Waals surface area contributed by atoms with E-state index >= 15 is 0 Å². The van der Waals surface area contributed by atoms with E-state index in [1.165, 1.54) is 23.6 Å². The van der Waals surface area contributed by atoms with Crippen LogP contribution in [0.4, 0.5) is 0 Å². The van der Waals surface area contributed by atoms with Gasteiger partial charge in [-0.2, -0.15) is 0 Å². The van der Waals surface area contributed by atoms with Crippen LogP contribution < -0.4 is 0 Å². The lowest BCUT2D eigenvalue weighted by molar-refractivity contribution is -0.148. The average Bonchev–Trinajstić information content (AvgIpc) is 2.85. The topological polar surface area (TPSA) is 57.6 Å². The Morgan fingerprint density at radius 3 is 2.81 bits per heavy atom. The van der Waals surface area contributed by atoms with Crippen LogP contribution in [-0.2, 0) is 9.59 Å². The van der Waals surface area contributed by atoms with E-state index in [0.717, 1.165) is 4.88 Å². The highest BCUT2D eigenvalue weighted by atomic mass is 32.2. The van der Waals surface area contributed by atoms with Crippen LogP contribution in [-0.4, -0.2) is 33.7 Å². The van der Waals surface area contributed by atoms with Gasteiger partial charge in [0.05, 0.1) is 0 Å². The summed E-state index contributed by atoms with van der Waals surface area (Å²) in [6.45, 7) is 1.42. The number of carbonyl (C=O) groups excluding carboxylic acids is 1. The molecule has 1 N–H and O–H groups in total. The number of nitrogens with zero attached hydrogens (tertiary/aromatic N) is 1. The molecule has 86 valence electrons. The van der Waals surface area contributed by atoms with Crippen LogP contribution in [0.25, 0.3) is 0 Å². The first-order chi connectivity index (χ1) is 7.61. The Balaban J connectivity index is 2.28. The maximum atomic E-state index is 11.5. The van der Waals surface area contributed by atoms with Crippen molar-refractivity contribution in [3.63, 3.8) is 0 Å². The fraction of sp³-hybridized carbons (Fsp3) is 0.400. The van der Waals surface area contributed by atoms with Gasteiger partial charge in [0, 0.05) is 17.6 Å². The van der Waals surface area contributed by atoms with E-state index < -0.39 is 12.0 Å². The monoisotopic (exact) mass is 257 g/mol. The van der Waals surface area contributed by atoms with Crippen LogP contribution in [0.1, 0.15) is 17.2 Å². The maximum Gasteiger partial charge on any atom is 0.327 e. The Morgan fingerprint density at radius 2 is 2.31 bits per heavy atom. The Morgan fingerprint density at radius 1 is 1.56 bits per heavy atom. The molecular formula is C10H11NO3S2. The minimum Gasteiger partial charge on any atom is -0.480 e. The van der Waals surface area contributed by atoms with Crippen LogP contribution in [0.5, 0.6) is 0 Å². The molecule has 0 radical (unpaired) electrons. The van der Waals surface area contributed by atoms with E-state index in [0.29, 0.717) is 5.75 Å². The highest BCUT2D eigenvalue weighted by molar-refractivity contribution is 7.99. The fourth-order valence-electron chi connectivity index (χ4n) is 1.73. The van der Waals surface area contributed by atoms with Crippen molar-refractivity contribution in [2.75, 3.05) is 5.75 Å². The molecule has 2 atom stereocenters. The van der Waals surface area contributed by atoms with Crippen molar-refractivity contribution < 1.29 is 14.7 Å². The van der Waals surface area contributed by atoms with Gasteiger partial charge in [0.25, 0.3) is 0 Å². The predicted octanol–water partition coefficient (Wildman–Crippen LogP) is 1.80. The third-order valence-corrected chi connectivity index (χ3v) is 4.81. The molecule has 1 aliphatic heterocycles. The molecule has 0 unspecified atom stereocenters. The Hall–Kier alpha value is -1.01. The summed E-state index contributed by atoms with van der Waals surface area (Å²) in [6.07, 6.45) is 0. The standard InChI is InChI=1S/C10H11NO3S2/c1-6(12)11-7(10(13)14)5-16-9(11)8-3-2-4-15-8/h2-4,7,9H,5H2,1H3,(H,13,14)/t7-,9-/m1/s1. The summed E-state index contributed by atoms with van der Waals surface area (Å²) in [5.41, 5.74) is 0. The molecule has 0 aromatic carbocycles. The van der Waals surface area contributed by atoms with Crippen molar-refractivity contribution >= 4 is 35.0 Å². The van der Waals surface area contributed by atoms with Gasteiger partial charge in [-0.3, -0.25) is 4.79 Å². The third-order valence-electron chi connectivity index (χ3n) is 2.44. The van der Waals surface area contributed by atoms with Gasteiger partial charge < -0.3 is 10.0 Å². The minimum absolute atomic E-state index is 0.140. The van der Waals surface area contributed by atoms with Crippen LogP contribution in [0.3, 0.4) is 0 Å². The van der Waals surface area contributed by atoms with Gasteiger partial charge in [0.1, 0.15) is 11.4 Å². The van der Waals surface area contributed by atoms with E-state index in [1.807, 2.05) is 17.5 Å². The molecular weight excluding hydrogens is 246 g/mol. The molecule has 1 aliphatic rings. The molecule has 1 fully saturated rings. The van der Waals surface area contributed by atoms with Crippen molar-refractivity contribution in [3.05, 3.63) is 22.4 Å². The molecule has 0 aliphatic carbocycles. The first-order valence-corrected chi connectivity index (χ1v) is 6.71. The lowest BCUT2D eigenvalue weighted by Crippen LogP contribution is -2.41. The average molecular weight is 257 g/mol. The lowest BCUT2D eigenvalue weighted by Gasteiger charge is -2.25. The zero-order chi connectivity index (χ0) is 11.7. The number of hydrogen-bond acceptors (Lipinski definition) is 4. The highest BCUT2D eigenvalue weighted by Crippen LogP contribution is 2.42. The highest BCUT2D eigenvalue weighted by Gasteiger charge is 2.41. The van der Waals surface area contributed by atoms with Crippen molar-refractivity contribution in [2.24, 2.45) is 0 Å². The van der Waals surface area contributed by atoms with Gasteiger partial charge in [0.15, 0.2) is 0 Å². The van der Waals surface area contributed by atoms with Crippen molar-refractivity contribution in [1.29, 1.82) is 0 Å². The number of thioether (sulfide) groups is 1. The number of carboxylic acids is 1. The number of aliphatic carboxylic acids is 1. The van der Waals surface area contributed by atoms with Crippen LogP contribution in [0, 0.1) is 0 Å². The number of thiophene rings is 1. The van der Waals surface area contributed by atoms with Gasteiger partial charge in [0.2, 0.25) is 5.91 Å². The summed E-state index contributed by atoms with van der Waals surface area (Å²) in [4.78, 5) is 25.0. The molecule has 1 amide bonds. The molecule has 1 saturated heterocycles. The third kappa shape index (κ3) is 1.94. The van der Waals surface area contributed by atoms with Crippen molar-refractivity contribution in [2.45, 2.75) is 18.3 Å². The summed E-state index contributed by atoms with van der Waals surface area (Å²) in [5.74, 6) is -0.658. The minimum atomic E-state index is -0.929. The number of carboxylic acid groups (broad SMARTS) is 1. The summed E-state index contributed by atoms with van der Waals surface area (Å²) < 4.78 is 0. The quantitative estimate of drug-likeness (QED) is 0.877. The largest absolute Gasteiger partial charge is 0.480 e. The number of rotatable bonds is 2. The molecule has 1 aromatic heterocycles. The second-order valence-corrected chi connectivity index (χ2v) is 5.57. The van der Waals surface area contributed by atoms with E-state index in [-0.39, 0.29) is 11.3 Å². The summed E-state index contributed by atoms with van der Waals surface area (Å²) >= 11 is 3.06. The van der Waals surface area contributed by atoms with E-state index in [9.17, 15) is 9.59 Å². The van der Waals surface area contributed by atoms with Crippen LogP contribution in [0.15, 0.2) is 17.5 Å². The van der Waals surface area contributed by atoms with E-state index in [1.54, 1.807) is 11.3 Å². The van der Waals surface area contributed by atoms with E-state index in [4.69, 9.17) is 5.11 Å².